The first kappa shape index (κ1) is 13.8. The van der Waals surface area contributed by atoms with Crippen LogP contribution in [0.4, 0.5) is 4.39 Å². The maximum Gasteiger partial charge on any atom is 0.307 e. The van der Waals surface area contributed by atoms with Crippen LogP contribution in [0.1, 0.15) is 5.56 Å². The highest BCUT2D eigenvalue weighted by Crippen LogP contribution is 2.34. The quantitative estimate of drug-likeness (QED) is 0.910. The first-order valence-corrected chi connectivity index (χ1v) is 6.19. The van der Waals surface area contributed by atoms with Gasteiger partial charge in [0.1, 0.15) is 5.82 Å². The molecule has 0 atom stereocenters. The summed E-state index contributed by atoms with van der Waals surface area (Å²) in [6.07, 6.45) is -0.377. The minimum atomic E-state index is -1.09. The fourth-order valence-corrected chi connectivity index (χ4v) is 2.18. The summed E-state index contributed by atoms with van der Waals surface area (Å²) in [6.45, 7) is 0. The Morgan fingerprint density at radius 1 is 1.21 bits per heavy atom. The number of carboxylic acid groups (broad SMARTS) is 1. The van der Waals surface area contributed by atoms with Gasteiger partial charge in [0, 0.05) is 5.56 Å². The maximum absolute atomic E-state index is 13.5. The van der Waals surface area contributed by atoms with E-state index in [9.17, 15) is 9.18 Å². The molecular formula is C14H9Cl2FO2. The van der Waals surface area contributed by atoms with Crippen molar-refractivity contribution in [1.82, 2.24) is 0 Å². The molecule has 2 aromatic rings. The number of benzene rings is 2. The largest absolute Gasteiger partial charge is 0.481 e. The van der Waals surface area contributed by atoms with E-state index in [0.29, 0.717) is 21.2 Å². The first-order chi connectivity index (χ1) is 8.99. The van der Waals surface area contributed by atoms with Crippen molar-refractivity contribution in [3.63, 3.8) is 0 Å². The van der Waals surface area contributed by atoms with Gasteiger partial charge in [-0.2, -0.15) is 0 Å². The second-order valence-corrected chi connectivity index (χ2v) is 4.76. The van der Waals surface area contributed by atoms with E-state index in [4.69, 9.17) is 28.3 Å². The Labute approximate surface area is 119 Å². The zero-order valence-electron chi connectivity index (χ0n) is 9.66. The minimum absolute atomic E-state index is 0.112. The predicted octanol–water partition coefficient (Wildman–Crippen LogP) is 4.43. The third kappa shape index (κ3) is 3.06. The number of hydrogen-bond donors (Lipinski definition) is 1. The number of hydrogen-bond acceptors (Lipinski definition) is 1. The molecule has 0 unspecified atom stereocenters. The van der Waals surface area contributed by atoms with Crippen LogP contribution in [0.25, 0.3) is 11.1 Å². The normalized spacial score (nSPS) is 10.5. The Bertz CT molecular complexity index is 641. The third-order valence-electron chi connectivity index (χ3n) is 2.65. The highest BCUT2D eigenvalue weighted by Gasteiger charge is 2.11. The van der Waals surface area contributed by atoms with Crippen LogP contribution in [0, 0.1) is 5.82 Å². The van der Waals surface area contributed by atoms with Gasteiger partial charge in [0.25, 0.3) is 0 Å². The van der Waals surface area contributed by atoms with Crippen molar-refractivity contribution in [3.05, 3.63) is 57.8 Å². The molecule has 2 nitrogen and oxygen atoms in total. The standard InChI is InChI=1S/C14H9Cl2FO2/c15-11-3-1-2-10(14(11)16)8-4-5-12(17)9(6-8)7-13(18)19/h1-6H,7H2,(H,18,19). The molecule has 0 aromatic heterocycles. The highest BCUT2D eigenvalue weighted by molar-refractivity contribution is 6.43. The van der Waals surface area contributed by atoms with Gasteiger partial charge in [-0.3, -0.25) is 4.79 Å². The average molecular weight is 299 g/mol. The van der Waals surface area contributed by atoms with Crippen LogP contribution in [-0.4, -0.2) is 11.1 Å². The summed E-state index contributed by atoms with van der Waals surface area (Å²) >= 11 is 12.0. The molecule has 0 saturated heterocycles. The molecule has 2 aromatic carbocycles. The van der Waals surface area contributed by atoms with Gasteiger partial charge in [0.2, 0.25) is 0 Å². The lowest BCUT2D eigenvalue weighted by atomic mass is 10.0. The summed E-state index contributed by atoms with van der Waals surface area (Å²) in [5, 5.41) is 9.49. The van der Waals surface area contributed by atoms with Gasteiger partial charge in [-0.1, -0.05) is 41.4 Å². The molecule has 0 saturated carbocycles. The van der Waals surface area contributed by atoms with E-state index < -0.39 is 11.8 Å². The molecule has 2 rings (SSSR count). The second-order valence-electron chi connectivity index (χ2n) is 3.98. The Morgan fingerprint density at radius 3 is 2.63 bits per heavy atom. The van der Waals surface area contributed by atoms with Crippen LogP contribution in [0.2, 0.25) is 10.0 Å². The van der Waals surface area contributed by atoms with Crippen LogP contribution >= 0.6 is 23.2 Å². The van der Waals surface area contributed by atoms with Gasteiger partial charge in [-0.05, 0) is 29.3 Å². The maximum atomic E-state index is 13.5. The van der Waals surface area contributed by atoms with Gasteiger partial charge in [0.05, 0.1) is 16.5 Å². The van der Waals surface area contributed by atoms with E-state index in [1.807, 2.05) is 0 Å². The van der Waals surface area contributed by atoms with Crippen LogP contribution in [0.3, 0.4) is 0 Å². The Balaban J connectivity index is 2.51. The molecule has 98 valence electrons. The molecule has 19 heavy (non-hydrogen) atoms. The lowest BCUT2D eigenvalue weighted by molar-refractivity contribution is -0.136. The Kier molecular flexibility index (Phi) is 4.08. The summed E-state index contributed by atoms with van der Waals surface area (Å²) in [4.78, 5) is 10.7. The molecular weight excluding hydrogens is 290 g/mol. The number of halogens is 3. The molecule has 0 bridgehead atoms. The summed E-state index contributed by atoms with van der Waals surface area (Å²) in [6, 6.07) is 9.36. The van der Waals surface area contributed by atoms with Crippen molar-refractivity contribution in [2.24, 2.45) is 0 Å². The summed E-state index contributed by atoms with van der Waals surface area (Å²) in [5.41, 5.74) is 1.38. The monoisotopic (exact) mass is 298 g/mol. The second kappa shape index (κ2) is 5.59. The Morgan fingerprint density at radius 2 is 1.95 bits per heavy atom. The topological polar surface area (TPSA) is 37.3 Å². The minimum Gasteiger partial charge on any atom is -0.481 e. The lowest BCUT2D eigenvalue weighted by Crippen LogP contribution is -2.02. The first-order valence-electron chi connectivity index (χ1n) is 5.43. The third-order valence-corrected chi connectivity index (χ3v) is 3.47. The van der Waals surface area contributed by atoms with Crippen LogP contribution in [0.5, 0.6) is 0 Å². The van der Waals surface area contributed by atoms with Crippen molar-refractivity contribution in [2.75, 3.05) is 0 Å². The average Bonchev–Trinajstić information content (AvgIpc) is 2.35. The van der Waals surface area contributed by atoms with Gasteiger partial charge in [-0.15, -0.1) is 0 Å². The molecule has 0 spiro atoms. The van der Waals surface area contributed by atoms with E-state index in [0.717, 1.165) is 0 Å². The van der Waals surface area contributed by atoms with E-state index in [1.165, 1.54) is 18.2 Å². The summed E-state index contributed by atoms with van der Waals surface area (Å²) in [5.74, 6) is -1.64. The fourth-order valence-electron chi connectivity index (χ4n) is 1.77. The molecule has 0 heterocycles. The van der Waals surface area contributed by atoms with Crippen LogP contribution in [0.15, 0.2) is 36.4 Å². The molecule has 0 fully saturated rings. The number of carboxylic acids is 1. The molecule has 0 aliphatic heterocycles. The predicted molar refractivity (Wildman–Crippen MR) is 73.2 cm³/mol. The number of aliphatic carboxylic acids is 1. The van der Waals surface area contributed by atoms with Crippen molar-refractivity contribution in [3.8, 4) is 11.1 Å². The van der Waals surface area contributed by atoms with E-state index in [2.05, 4.69) is 0 Å². The summed E-state index contributed by atoms with van der Waals surface area (Å²) < 4.78 is 13.5. The van der Waals surface area contributed by atoms with E-state index in [1.54, 1.807) is 18.2 Å². The van der Waals surface area contributed by atoms with Crippen molar-refractivity contribution in [1.29, 1.82) is 0 Å². The zero-order chi connectivity index (χ0) is 14.0. The highest BCUT2D eigenvalue weighted by atomic mass is 35.5. The van der Waals surface area contributed by atoms with E-state index >= 15 is 0 Å². The fraction of sp³-hybridized carbons (Fsp3) is 0.0714. The van der Waals surface area contributed by atoms with Gasteiger partial charge < -0.3 is 5.11 Å². The summed E-state index contributed by atoms with van der Waals surface area (Å²) in [7, 11) is 0. The smallest absolute Gasteiger partial charge is 0.307 e. The SMILES string of the molecule is O=C(O)Cc1cc(-c2cccc(Cl)c2Cl)ccc1F. The number of carbonyl (C=O) groups is 1. The molecule has 0 aliphatic rings. The van der Waals surface area contributed by atoms with Gasteiger partial charge in [-0.25, -0.2) is 4.39 Å². The molecule has 5 heteroatoms. The Hall–Kier alpha value is -1.58. The molecule has 1 N–H and O–H groups in total. The molecule has 0 aliphatic carbocycles. The van der Waals surface area contributed by atoms with Gasteiger partial charge >= 0.3 is 5.97 Å². The van der Waals surface area contributed by atoms with E-state index in [-0.39, 0.29) is 12.0 Å². The van der Waals surface area contributed by atoms with Crippen LogP contribution < -0.4 is 0 Å². The molecule has 0 amide bonds. The zero-order valence-corrected chi connectivity index (χ0v) is 11.2. The van der Waals surface area contributed by atoms with Crippen molar-refractivity contribution in [2.45, 2.75) is 6.42 Å². The van der Waals surface area contributed by atoms with Crippen molar-refractivity contribution >= 4 is 29.2 Å². The van der Waals surface area contributed by atoms with Gasteiger partial charge in [0.15, 0.2) is 0 Å². The molecule has 0 radical (unpaired) electrons. The van der Waals surface area contributed by atoms with Crippen molar-refractivity contribution < 1.29 is 14.3 Å². The lowest BCUT2D eigenvalue weighted by Gasteiger charge is -2.08. The number of rotatable bonds is 3. The van der Waals surface area contributed by atoms with Crippen LogP contribution in [-0.2, 0) is 11.2 Å².